The Labute approximate surface area is 303 Å². The first-order chi connectivity index (χ1) is 25.8. The summed E-state index contributed by atoms with van der Waals surface area (Å²) in [5.41, 5.74) is 9.69. The summed E-state index contributed by atoms with van der Waals surface area (Å²) < 4.78 is 4.80. The predicted molar refractivity (Wildman–Crippen MR) is 221 cm³/mol. The maximum absolute atomic E-state index is 5.55. The number of fused-ring (bicyclic) bond motifs is 8. The third-order valence-electron chi connectivity index (χ3n) is 10.4. The molecule has 0 radical (unpaired) electrons. The summed E-state index contributed by atoms with van der Waals surface area (Å²) in [5, 5.41) is 8.37. The lowest BCUT2D eigenvalue weighted by molar-refractivity contribution is 1.01. The molecule has 11 rings (SSSR count). The molecule has 11 aromatic rings. The Balaban J connectivity index is 1.26. The van der Waals surface area contributed by atoms with Crippen LogP contribution in [0.1, 0.15) is 0 Å². The van der Waals surface area contributed by atoms with E-state index in [2.05, 4.69) is 180 Å². The van der Waals surface area contributed by atoms with Gasteiger partial charge >= 0.3 is 0 Å². The highest BCUT2D eigenvalue weighted by atomic mass is 32.1. The molecule has 4 heteroatoms. The minimum Gasteiger partial charge on any atom is -0.278 e. The van der Waals surface area contributed by atoms with Crippen molar-refractivity contribution in [3.8, 4) is 39.5 Å². The van der Waals surface area contributed by atoms with Crippen LogP contribution in [-0.4, -0.2) is 14.5 Å². The molecule has 0 bridgehead atoms. The quantitative estimate of drug-likeness (QED) is 0.185. The first-order valence-corrected chi connectivity index (χ1v) is 18.4. The zero-order valence-corrected chi connectivity index (χ0v) is 28.8. The lowest BCUT2D eigenvalue weighted by Crippen LogP contribution is -2.04. The summed E-state index contributed by atoms with van der Waals surface area (Å²) in [6.07, 6.45) is 0. The molecule has 0 unspecified atom stereocenters. The number of hydrogen-bond donors (Lipinski definition) is 0. The van der Waals surface area contributed by atoms with Crippen molar-refractivity contribution in [2.45, 2.75) is 0 Å². The van der Waals surface area contributed by atoms with E-state index in [1.165, 1.54) is 41.7 Å². The summed E-state index contributed by atoms with van der Waals surface area (Å²) in [5.74, 6) is 0.659. The Morgan fingerprint density at radius 3 is 1.81 bits per heavy atom. The highest BCUT2D eigenvalue weighted by Crippen LogP contribution is 2.42. The van der Waals surface area contributed by atoms with E-state index >= 15 is 0 Å². The molecular formula is C48H29N3S. The standard InChI is InChI=1S/C48H29N3S/c1-3-13-30(14-4-1)38-28-41-42(29-39(38)31-15-5-2-6-16-31)49-48(50-47(41)34-23-24-37-36-20-10-12-22-45(36)52-46(37)27-34)51-43-21-11-9-19-35(43)40-25-32-17-7-8-18-33(32)26-44(40)51/h1-29H. The first kappa shape index (κ1) is 29.1. The van der Waals surface area contributed by atoms with Crippen LogP contribution in [0, 0.1) is 0 Å². The van der Waals surface area contributed by atoms with Crippen molar-refractivity contribution in [2.75, 3.05) is 0 Å². The van der Waals surface area contributed by atoms with Gasteiger partial charge in [0.1, 0.15) is 0 Å². The van der Waals surface area contributed by atoms with E-state index in [0.717, 1.165) is 55.4 Å². The second-order valence-corrected chi connectivity index (χ2v) is 14.5. The maximum Gasteiger partial charge on any atom is 0.235 e. The number of thiophene rings is 1. The van der Waals surface area contributed by atoms with Gasteiger partial charge in [-0.25, -0.2) is 9.97 Å². The summed E-state index contributed by atoms with van der Waals surface area (Å²) in [7, 11) is 0. The Kier molecular flexibility index (Phi) is 6.42. The summed E-state index contributed by atoms with van der Waals surface area (Å²) in [6, 6.07) is 63.2. The van der Waals surface area contributed by atoms with Gasteiger partial charge in [0.15, 0.2) is 0 Å². The average Bonchev–Trinajstić information content (AvgIpc) is 3.74. The van der Waals surface area contributed by atoms with Gasteiger partial charge < -0.3 is 0 Å². The lowest BCUT2D eigenvalue weighted by atomic mass is 9.91. The molecule has 0 aliphatic carbocycles. The monoisotopic (exact) mass is 679 g/mol. The number of para-hydroxylation sites is 1. The molecule has 0 atom stereocenters. The van der Waals surface area contributed by atoms with Gasteiger partial charge in [-0.2, -0.15) is 0 Å². The van der Waals surface area contributed by atoms with Crippen molar-refractivity contribution in [1.82, 2.24) is 14.5 Å². The summed E-state index contributed by atoms with van der Waals surface area (Å²) in [4.78, 5) is 11.0. The smallest absolute Gasteiger partial charge is 0.235 e. The van der Waals surface area contributed by atoms with E-state index < -0.39 is 0 Å². The number of nitrogens with zero attached hydrogens (tertiary/aromatic N) is 3. The SMILES string of the molecule is c1ccc(-c2cc3nc(-n4c5ccccc5c5cc6ccccc6cc54)nc(-c4ccc5c(c4)sc4ccccc45)c3cc2-c2ccccc2)cc1. The van der Waals surface area contributed by atoms with Gasteiger partial charge in [0, 0.05) is 41.9 Å². The van der Waals surface area contributed by atoms with Gasteiger partial charge in [0.2, 0.25) is 5.95 Å². The Morgan fingerprint density at radius 1 is 0.385 bits per heavy atom. The summed E-state index contributed by atoms with van der Waals surface area (Å²) >= 11 is 1.83. The van der Waals surface area contributed by atoms with Gasteiger partial charge in [0.05, 0.1) is 22.2 Å². The normalized spacial score (nSPS) is 11.8. The highest BCUT2D eigenvalue weighted by Gasteiger charge is 2.20. The first-order valence-electron chi connectivity index (χ1n) is 17.6. The molecule has 3 nitrogen and oxygen atoms in total. The Hall–Kier alpha value is -6.62. The van der Waals surface area contributed by atoms with Crippen molar-refractivity contribution in [3.05, 3.63) is 176 Å². The van der Waals surface area contributed by atoms with E-state index in [9.17, 15) is 0 Å². The molecule has 0 aliphatic heterocycles. The average molecular weight is 680 g/mol. The van der Waals surface area contributed by atoms with Crippen LogP contribution in [0.3, 0.4) is 0 Å². The Bertz CT molecular complexity index is 3180. The van der Waals surface area contributed by atoms with Crippen LogP contribution >= 0.6 is 11.3 Å². The van der Waals surface area contributed by atoms with Crippen LogP contribution in [-0.2, 0) is 0 Å². The second-order valence-electron chi connectivity index (χ2n) is 13.4. The zero-order valence-electron chi connectivity index (χ0n) is 28.0. The molecule has 0 saturated carbocycles. The van der Waals surface area contributed by atoms with Crippen LogP contribution in [0.2, 0.25) is 0 Å². The molecule has 242 valence electrons. The maximum atomic E-state index is 5.55. The number of rotatable bonds is 4. The zero-order chi connectivity index (χ0) is 34.2. The molecule has 0 fully saturated rings. The molecule has 0 spiro atoms. The number of hydrogen-bond acceptors (Lipinski definition) is 3. The third kappa shape index (κ3) is 4.51. The summed E-state index contributed by atoms with van der Waals surface area (Å²) in [6.45, 7) is 0. The van der Waals surface area contributed by atoms with Crippen LogP contribution < -0.4 is 0 Å². The molecule has 0 N–H and O–H groups in total. The molecule has 0 saturated heterocycles. The minimum absolute atomic E-state index is 0.659. The van der Waals surface area contributed by atoms with Gasteiger partial charge in [-0.05, 0) is 75.5 Å². The van der Waals surface area contributed by atoms with Gasteiger partial charge in [-0.15, -0.1) is 11.3 Å². The molecule has 0 amide bonds. The van der Waals surface area contributed by atoms with Crippen molar-refractivity contribution in [2.24, 2.45) is 0 Å². The van der Waals surface area contributed by atoms with Crippen LogP contribution in [0.15, 0.2) is 176 Å². The van der Waals surface area contributed by atoms with Crippen LogP contribution in [0.4, 0.5) is 0 Å². The van der Waals surface area contributed by atoms with E-state index in [1.54, 1.807) is 0 Å². The fraction of sp³-hybridized carbons (Fsp3) is 0. The lowest BCUT2D eigenvalue weighted by Gasteiger charge is -2.16. The predicted octanol–water partition coefficient (Wildman–Crippen LogP) is 13.2. The highest BCUT2D eigenvalue weighted by molar-refractivity contribution is 7.25. The van der Waals surface area contributed by atoms with E-state index in [0.29, 0.717) is 5.95 Å². The minimum atomic E-state index is 0.659. The molecule has 52 heavy (non-hydrogen) atoms. The van der Waals surface area contributed by atoms with E-state index in [4.69, 9.17) is 9.97 Å². The molecule has 8 aromatic carbocycles. The third-order valence-corrected chi connectivity index (χ3v) is 11.5. The Morgan fingerprint density at radius 2 is 1.02 bits per heavy atom. The van der Waals surface area contributed by atoms with Gasteiger partial charge in [-0.1, -0.05) is 133 Å². The molecule has 3 heterocycles. The largest absolute Gasteiger partial charge is 0.278 e. The van der Waals surface area contributed by atoms with E-state index in [1.807, 2.05) is 11.3 Å². The van der Waals surface area contributed by atoms with Crippen molar-refractivity contribution < 1.29 is 0 Å². The van der Waals surface area contributed by atoms with Crippen molar-refractivity contribution >= 4 is 75.0 Å². The van der Waals surface area contributed by atoms with Gasteiger partial charge in [0.25, 0.3) is 0 Å². The van der Waals surface area contributed by atoms with Crippen molar-refractivity contribution in [3.63, 3.8) is 0 Å². The van der Waals surface area contributed by atoms with Crippen LogP contribution in [0.5, 0.6) is 0 Å². The van der Waals surface area contributed by atoms with E-state index in [-0.39, 0.29) is 0 Å². The topological polar surface area (TPSA) is 30.7 Å². The molecule has 0 aliphatic rings. The number of aromatic nitrogens is 3. The second kappa shape index (κ2) is 11.5. The molecule has 3 aromatic heterocycles. The number of benzene rings is 8. The molecular weight excluding hydrogens is 651 g/mol. The van der Waals surface area contributed by atoms with Crippen LogP contribution in [0.25, 0.3) is 103 Å². The van der Waals surface area contributed by atoms with Crippen molar-refractivity contribution in [1.29, 1.82) is 0 Å². The van der Waals surface area contributed by atoms with Gasteiger partial charge in [-0.3, -0.25) is 4.57 Å². The fourth-order valence-corrected chi connectivity index (χ4v) is 9.09. The fourth-order valence-electron chi connectivity index (χ4n) is 7.94.